The molecule has 2 aromatic carbocycles. The molecule has 0 bridgehead atoms. The second kappa shape index (κ2) is 4.12. The molecule has 0 spiro atoms. The molecule has 0 aromatic heterocycles. The average molecular weight is 254 g/mol. The SMILES string of the molecule is CCC1(C(=O)O)c2ccccc2Oc2ccccc21. The van der Waals surface area contributed by atoms with Gasteiger partial charge in [0, 0.05) is 11.1 Å². The van der Waals surface area contributed by atoms with Crippen molar-refractivity contribution in [1.29, 1.82) is 0 Å². The molecule has 96 valence electrons. The molecule has 0 aliphatic carbocycles. The lowest BCUT2D eigenvalue weighted by Crippen LogP contribution is -2.38. The molecular formula is C16H14O3. The van der Waals surface area contributed by atoms with Gasteiger partial charge in [-0.1, -0.05) is 43.3 Å². The predicted molar refractivity (Wildman–Crippen MR) is 71.7 cm³/mol. The molecule has 19 heavy (non-hydrogen) atoms. The maximum Gasteiger partial charge on any atom is 0.318 e. The normalized spacial score (nSPS) is 15.0. The van der Waals surface area contributed by atoms with E-state index in [1.54, 1.807) is 0 Å². The van der Waals surface area contributed by atoms with E-state index in [0.717, 1.165) is 11.1 Å². The van der Waals surface area contributed by atoms with Crippen LogP contribution in [0.1, 0.15) is 24.5 Å². The Labute approximate surface area is 111 Å². The molecule has 1 aliphatic heterocycles. The van der Waals surface area contributed by atoms with Crippen LogP contribution >= 0.6 is 0 Å². The number of fused-ring (bicyclic) bond motifs is 2. The molecule has 0 radical (unpaired) electrons. The number of carboxylic acids is 1. The zero-order chi connectivity index (χ0) is 13.5. The molecule has 3 rings (SSSR count). The Kier molecular flexibility index (Phi) is 2.56. The number of ether oxygens (including phenoxy) is 1. The number of hydrogen-bond donors (Lipinski definition) is 1. The minimum atomic E-state index is -1.02. The van der Waals surface area contributed by atoms with Crippen molar-refractivity contribution in [2.75, 3.05) is 0 Å². The Morgan fingerprint density at radius 2 is 1.53 bits per heavy atom. The second-order valence-corrected chi connectivity index (χ2v) is 4.66. The van der Waals surface area contributed by atoms with Gasteiger partial charge in [-0.2, -0.15) is 0 Å². The Morgan fingerprint density at radius 3 is 1.95 bits per heavy atom. The zero-order valence-corrected chi connectivity index (χ0v) is 10.6. The first kappa shape index (κ1) is 11.8. The molecule has 0 amide bonds. The zero-order valence-electron chi connectivity index (χ0n) is 10.6. The fourth-order valence-corrected chi connectivity index (χ4v) is 2.84. The summed E-state index contributed by atoms with van der Waals surface area (Å²) >= 11 is 0. The van der Waals surface area contributed by atoms with E-state index in [0.29, 0.717) is 17.9 Å². The molecule has 0 saturated heterocycles. The highest BCUT2D eigenvalue weighted by Gasteiger charge is 2.47. The minimum Gasteiger partial charge on any atom is -0.480 e. The third-order valence-corrected chi connectivity index (χ3v) is 3.81. The third kappa shape index (κ3) is 1.48. The molecule has 2 aromatic rings. The van der Waals surface area contributed by atoms with Gasteiger partial charge in [0.05, 0.1) is 0 Å². The van der Waals surface area contributed by atoms with Crippen molar-refractivity contribution in [2.45, 2.75) is 18.8 Å². The van der Waals surface area contributed by atoms with Crippen molar-refractivity contribution >= 4 is 5.97 Å². The average Bonchev–Trinajstić information content (AvgIpc) is 2.44. The number of para-hydroxylation sites is 2. The maximum atomic E-state index is 12.0. The molecule has 1 heterocycles. The molecule has 0 unspecified atom stereocenters. The van der Waals surface area contributed by atoms with E-state index in [2.05, 4.69) is 0 Å². The van der Waals surface area contributed by atoms with Crippen LogP contribution in [0.2, 0.25) is 0 Å². The van der Waals surface area contributed by atoms with E-state index >= 15 is 0 Å². The van der Waals surface area contributed by atoms with Gasteiger partial charge < -0.3 is 9.84 Å². The van der Waals surface area contributed by atoms with E-state index in [9.17, 15) is 9.90 Å². The van der Waals surface area contributed by atoms with E-state index in [-0.39, 0.29) is 0 Å². The van der Waals surface area contributed by atoms with Crippen molar-refractivity contribution in [2.24, 2.45) is 0 Å². The number of rotatable bonds is 2. The topological polar surface area (TPSA) is 46.5 Å². The van der Waals surface area contributed by atoms with Crippen LogP contribution in [0.3, 0.4) is 0 Å². The van der Waals surface area contributed by atoms with Crippen LogP contribution in [0, 0.1) is 0 Å². The summed E-state index contributed by atoms with van der Waals surface area (Å²) in [6.45, 7) is 1.90. The summed E-state index contributed by atoms with van der Waals surface area (Å²) in [5.41, 5.74) is 0.429. The monoisotopic (exact) mass is 254 g/mol. The molecule has 3 nitrogen and oxygen atoms in total. The lowest BCUT2D eigenvalue weighted by atomic mass is 9.70. The molecule has 1 N–H and O–H groups in total. The van der Waals surface area contributed by atoms with Crippen LogP contribution in [0.5, 0.6) is 11.5 Å². The first-order chi connectivity index (χ1) is 9.20. The van der Waals surface area contributed by atoms with Crippen LogP contribution in [-0.2, 0) is 10.2 Å². The Hall–Kier alpha value is -2.29. The van der Waals surface area contributed by atoms with Gasteiger partial charge in [0.2, 0.25) is 0 Å². The summed E-state index contributed by atoms with van der Waals surface area (Å²) in [4.78, 5) is 12.0. The van der Waals surface area contributed by atoms with Gasteiger partial charge in [0.25, 0.3) is 0 Å². The smallest absolute Gasteiger partial charge is 0.318 e. The van der Waals surface area contributed by atoms with Gasteiger partial charge >= 0.3 is 5.97 Å². The highest BCUT2D eigenvalue weighted by Crippen LogP contribution is 2.49. The standard InChI is InChI=1S/C16H14O3/c1-2-16(15(17)18)11-7-3-5-9-13(11)19-14-10-6-4-8-12(14)16/h3-10H,2H2,1H3,(H,17,18). The highest BCUT2D eigenvalue weighted by molar-refractivity contribution is 5.89. The lowest BCUT2D eigenvalue weighted by molar-refractivity contribution is -0.142. The molecular weight excluding hydrogens is 240 g/mol. The van der Waals surface area contributed by atoms with E-state index in [4.69, 9.17) is 4.74 Å². The molecule has 1 aliphatic rings. The van der Waals surface area contributed by atoms with Crippen LogP contribution in [0.25, 0.3) is 0 Å². The first-order valence-electron chi connectivity index (χ1n) is 6.30. The minimum absolute atomic E-state index is 0.486. The largest absolute Gasteiger partial charge is 0.480 e. The quantitative estimate of drug-likeness (QED) is 0.891. The van der Waals surface area contributed by atoms with Gasteiger partial charge in [-0.25, -0.2) is 0 Å². The maximum absolute atomic E-state index is 12.0. The molecule has 3 heteroatoms. The summed E-state index contributed by atoms with van der Waals surface area (Å²) in [7, 11) is 0. The summed E-state index contributed by atoms with van der Waals surface area (Å²) in [5.74, 6) is 0.425. The van der Waals surface area contributed by atoms with Gasteiger partial charge in [0.1, 0.15) is 16.9 Å². The van der Waals surface area contributed by atoms with Crippen molar-refractivity contribution in [3.05, 3.63) is 59.7 Å². The van der Waals surface area contributed by atoms with E-state index in [1.165, 1.54) is 0 Å². The Balaban J connectivity index is 2.37. The van der Waals surface area contributed by atoms with Crippen molar-refractivity contribution in [3.8, 4) is 11.5 Å². The fourth-order valence-electron chi connectivity index (χ4n) is 2.84. The van der Waals surface area contributed by atoms with Crippen molar-refractivity contribution in [1.82, 2.24) is 0 Å². The third-order valence-electron chi connectivity index (χ3n) is 3.81. The number of carbonyl (C=O) groups is 1. The summed E-state index contributed by atoms with van der Waals surface area (Å²) in [5, 5.41) is 9.83. The lowest BCUT2D eigenvalue weighted by Gasteiger charge is -2.36. The number of aliphatic carboxylic acids is 1. The van der Waals surface area contributed by atoms with Crippen LogP contribution in [-0.4, -0.2) is 11.1 Å². The van der Waals surface area contributed by atoms with Gasteiger partial charge in [-0.15, -0.1) is 0 Å². The predicted octanol–water partition coefficient (Wildman–Crippen LogP) is 3.57. The molecule has 0 saturated carbocycles. The first-order valence-corrected chi connectivity index (χ1v) is 6.30. The number of hydrogen-bond acceptors (Lipinski definition) is 2. The van der Waals surface area contributed by atoms with Gasteiger partial charge in [0.15, 0.2) is 0 Å². The Bertz CT molecular complexity index is 600. The van der Waals surface area contributed by atoms with Crippen LogP contribution in [0.15, 0.2) is 48.5 Å². The van der Waals surface area contributed by atoms with Gasteiger partial charge in [-0.3, -0.25) is 4.79 Å². The van der Waals surface area contributed by atoms with E-state index < -0.39 is 11.4 Å². The fraction of sp³-hybridized carbons (Fsp3) is 0.188. The van der Waals surface area contributed by atoms with Crippen LogP contribution in [0.4, 0.5) is 0 Å². The molecule has 0 fully saturated rings. The Morgan fingerprint density at radius 1 is 1.05 bits per heavy atom. The van der Waals surface area contributed by atoms with Gasteiger partial charge in [-0.05, 0) is 18.6 Å². The number of carboxylic acid groups (broad SMARTS) is 1. The highest BCUT2D eigenvalue weighted by atomic mass is 16.5. The summed E-state index contributed by atoms with van der Waals surface area (Å²) < 4.78 is 5.82. The summed E-state index contributed by atoms with van der Waals surface area (Å²) in [6.07, 6.45) is 0.486. The van der Waals surface area contributed by atoms with Crippen molar-refractivity contribution in [3.63, 3.8) is 0 Å². The van der Waals surface area contributed by atoms with Crippen LogP contribution < -0.4 is 4.74 Å². The van der Waals surface area contributed by atoms with E-state index in [1.807, 2.05) is 55.5 Å². The summed E-state index contributed by atoms with van der Waals surface area (Å²) in [6, 6.07) is 14.7. The van der Waals surface area contributed by atoms with Crippen molar-refractivity contribution < 1.29 is 14.6 Å². The second-order valence-electron chi connectivity index (χ2n) is 4.66. The number of benzene rings is 2. The molecule has 0 atom stereocenters.